The van der Waals surface area contributed by atoms with E-state index in [0.29, 0.717) is 4.34 Å². The second-order valence-corrected chi connectivity index (χ2v) is 5.55. The molecule has 0 aliphatic rings. The molecule has 88 valence electrons. The van der Waals surface area contributed by atoms with Crippen LogP contribution in [0.15, 0.2) is 26.9 Å². The van der Waals surface area contributed by atoms with E-state index in [9.17, 15) is 10.1 Å². The number of halogens is 1. The smallest absolute Gasteiger partial charge is 0.258 e. The van der Waals surface area contributed by atoms with Gasteiger partial charge in [0.1, 0.15) is 5.15 Å². The SMILES string of the molecule is Cc1csc(Sc2nc(Cl)ccc2[N+](=O)[O-])n1. The molecular weight excluding hydrogens is 282 g/mol. The second kappa shape index (κ2) is 4.99. The van der Waals surface area contributed by atoms with E-state index in [4.69, 9.17) is 11.6 Å². The minimum atomic E-state index is -0.480. The molecule has 2 aromatic heterocycles. The van der Waals surface area contributed by atoms with Crippen LogP contribution in [0, 0.1) is 17.0 Å². The van der Waals surface area contributed by atoms with Crippen molar-refractivity contribution in [2.45, 2.75) is 16.3 Å². The van der Waals surface area contributed by atoms with Crippen molar-refractivity contribution in [3.8, 4) is 0 Å². The predicted octanol–water partition coefficient (Wildman–Crippen LogP) is 3.56. The molecule has 2 heterocycles. The normalized spacial score (nSPS) is 10.5. The number of nitro groups is 1. The molecular formula is C9H6ClN3O2S2. The van der Waals surface area contributed by atoms with Crippen molar-refractivity contribution < 1.29 is 4.92 Å². The van der Waals surface area contributed by atoms with Crippen LogP contribution in [0.1, 0.15) is 5.69 Å². The molecule has 0 aromatic carbocycles. The molecule has 2 aromatic rings. The highest BCUT2D eigenvalue weighted by atomic mass is 35.5. The molecule has 0 spiro atoms. The van der Waals surface area contributed by atoms with E-state index < -0.39 is 4.92 Å². The minimum absolute atomic E-state index is 0.0627. The average Bonchev–Trinajstić information content (AvgIpc) is 2.63. The first-order valence-corrected chi connectivity index (χ1v) is 6.54. The molecule has 0 radical (unpaired) electrons. The number of nitrogens with zero attached hydrogens (tertiary/aromatic N) is 3. The zero-order valence-corrected chi connectivity index (χ0v) is 11.0. The zero-order chi connectivity index (χ0) is 12.4. The Labute approximate surface area is 110 Å². The first-order valence-electron chi connectivity index (χ1n) is 4.47. The molecule has 2 rings (SSSR count). The fourth-order valence-corrected chi connectivity index (χ4v) is 3.12. The van der Waals surface area contributed by atoms with Gasteiger partial charge in [-0.15, -0.1) is 11.3 Å². The molecule has 0 aliphatic heterocycles. The van der Waals surface area contributed by atoms with Gasteiger partial charge in [0.2, 0.25) is 0 Å². The van der Waals surface area contributed by atoms with Crippen LogP contribution in [0.25, 0.3) is 0 Å². The van der Waals surface area contributed by atoms with E-state index >= 15 is 0 Å². The van der Waals surface area contributed by atoms with E-state index in [0.717, 1.165) is 17.5 Å². The van der Waals surface area contributed by atoms with Crippen molar-refractivity contribution in [3.63, 3.8) is 0 Å². The number of aryl methyl sites for hydroxylation is 1. The van der Waals surface area contributed by atoms with Gasteiger partial charge < -0.3 is 0 Å². The molecule has 0 aliphatic carbocycles. The monoisotopic (exact) mass is 287 g/mol. The molecule has 8 heteroatoms. The third kappa shape index (κ3) is 2.93. The number of hydrogen-bond donors (Lipinski definition) is 0. The fraction of sp³-hybridized carbons (Fsp3) is 0.111. The van der Waals surface area contributed by atoms with Crippen LogP contribution in [-0.4, -0.2) is 14.9 Å². The second-order valence-electron chi connectivity index (χ2n) is 3.07. The Balaban J connectivity index is 2.37. The molecule has 0 amide bonds. The number of aromatic nitrogens is 2. The van der Waals surface area contributed by atoms with Crippen LogP contribution in [0.2, 0.25) is 5.15 Å². The van der Waals surface area contributed by atoms with Crippen molar-refractivity contribution in [2.75, 3.05) is 0 Å². The molecule has 0 unspecified atom stereocenters. The van der Waals surface area contributed by atoms with Gasteiger partial charge in [-0.1, -0.05) is 11.6 Å². The van der Waals surface area contributed by atoms with Crippen LogP contribution in [0.3, 0.4) is 0 Å². The van der Waals surface area contributed by atoms with Crippen molar-refractivity contribution >= 4 is 40.4 Å². The van der Waals surface area contributed by atoms with Gasteiger partial charge in [-0.05, 0) is 24.8 Å². The van der Waals surface area contributed by atoms with Gasteiger partial charge in [-0.3, -0.25) is 10.1 Å². The maximum absolute atomic E-state index is 10.8. The summed E-state index contributed by atoms with van der Waals surface area (Å²) in [4.78, 5) is 18.5. The van der Waals surface area contributed by atoms with E-state index in [1.807, 2.05) is 12.3 Å². The van der Waals surface area contributed by atoms with Crippen LogP contribution >= 0.6 is 34.7 Å². The summed E-state index contributed by atoms with van der Waals surface area (Å²) in [6, 6.07) is 2.75. The molecule has 0 bridgehead atoms. The van der Waals surface area contributed by atoms with Crippen LogP contribution in [0.5, 0.6) is 0 Å². The van der Waals surface area contributed by atoms with Gasteiger partial charge in [0.25, 0.3) is 0 Å². The maximum atomic E-state index is 10.8. The summed E-state index contributed by atoms with van der Waals surface area (Å²) in [6.45, 7) is 1.86. The molecule has 0 N–H and O–H groups in total. The van der Waals surface area contributed by atoms with Gasteiger partial charge in [-0.2, -0.15) is 0 Å². The Hall–Kier alpha value is -1.18. The largest absolute Gasteiger partial charge is 0.301 e. The standard InChI is InChI=1S/C9H6ClN3O2S2/c1-5-4-16-9(11-5)17-8-6(13(14)15)2-3-7(10)12-8/h2-4H,1H3. The first-order chi connectivity index (χ1) is 8.06. The van der Waals surface area contributed by atoms with Gasteiger partial charge >= 0.3 is 5.69 Å². The third-order valence-corrected chi connectivity index (χ3v) is 4.05. The first kappa shape index (κ1) is 12.3. The highest BCUT2D eigenvalue weighted by Crippen LogP contribution is 2.35. The number of rotatable bonds is 3. The maximum Gasteiger partial charge on any atom is 0.301 e. The van der Waals surface area contributed by atoms with Gasteiger partial charge in [0.05, 0.1) is 4.92 Å². The Morgan fingerprint density at radius 3 is 2.82 bits per heavy atom. The summed E-state index contributed by atoms with van der Waals surface area (Å²) in [5.41, 5.74) is 0.814. The van der Waals surface area contributed by atoms with E-state index in [1.165, 1.54) is 23.5 Å². The molecule has 5 nitrogen and oxygen atoms in total. The fourth-order valence-electron chi connectivity index (χ4n) is 1.09. The van der Waals surface area contributed by atoms with E-state index in [2.05, 4.69) is 9.97 Å². The Kier molecular flexibility index (Phi) is 3.60. The van der Waals surface area contributed by atoms with Gasteiger partial charge in [0.15, 0.2) is 9.37 Å². The molecule has 0 atom stereocenters. The molecule has 0 saturated heterocycles. The Morgan fingerprint density at radius 2 is 2.24 bits per heavy atom. The Morgan fingerprint density at radius 1 is 1.47 bits per heavy atom. The average molecular weight is 288 g/mol. The summed E-state index contributed by atoms with van der Waals surface area (Å²) in [5.74, 6) is 0. The minimum Gasteiger partial charge on any atom is -0.258 e. The number of pyridine rings is 1. The zero-order valence-electron chi connectivity index (χ0n) is 8.58. The lowest BCUT2D eigenvalue weighted by Gasteiger charge is -1.99. The quantitative estimate of drug-likeness (QED) is 0.490. The van der Waals surface area contributed by atoms with Crippen molar-refractivity contribution in [2.24, 2.45) is 0 Å². The predicted molar refractivity (Wildman–Crippen MR) is 66.9 cm³/mol. The lowest BCUT2D eigenvalue weighted by Crippen LogP contribution is -1.93. The summed E-state index contributed by atoms with van der Waals surface area (Å²) >= 11 is 8.29. The summed E-state index contributed by atoms with van der Waals surface area (Å²) < 4.78 is 0.709. The molecule has 0 saturated carbocycles. The highest BCUT2D eigenvalue weighted by molar-refractivity contribution is 8.01. The van der Waals surface area contributed by atoms with Gasteiger partial charge in [-0.25, -0.2) is 9.97 Å². The number of thiazole rings is 1. The van der Waals surface area contributed by atoms with Crippen LogP contribution in [-0.2, 0) is 0 Å². The summed E-state index contributed by atoms with van der Waals surface area (Å²) in [7, 11) is 0. The molecule has 0 fully saturated rings. The third-order valence-electron chi connectivity index (χ3n) is 1.78. The lowest BCUT2D eigenvalue weighted by molar-refractivity contribution is -0.388. The van der Waals surface area contributed by atoms with Crippen LogP contribution in [0.4, 0.5) is 5.69 Å². The van der Waals surface area contributed by atoms with Gasteiger partial charge in [0, 0.05) is 17.1 Å². The van der Waals surface area contributed by atoms with Crippen molar-refractivity contribution in [1.29, 1.82) is 0 Å². The van der Waals surface area contributed by atoms with Crippen molar-refractivity contribution in [1.82, 2.24) is 9.97 Å². The Bertz CT molecular complexity index is 573. The van der Waals surface area contributed by atoms with Crippen LogP contribution < -0.4 is 0 Å². The molecule has 17 heavy (non-hydrogen) atoms. The lowest BCUT2D eigenvalue weighted by atomic mass is 10.4. The highest BCUT2D eigenvalue weighted by Gasteiger charge is 2.18. The number of hydrogen-bond acceptors (Lipinski definition) is 6. The van der Waals surface area contributed by atoms with E-state index in [-0.39, 0.29) is 15.9 Å². The van der Waals surface area contributed by atoms with E-state index in [1.54, 1.807) is 0 Å². The topological polar surface area (TPSA) is 68.9 Å². The summed E-state index contributed by atoms with van der Waals surface area (Å²) in [6.07, 6.45) is 0. The summed E-state index contributed by atoms with van der Waals surface area (Å²) in [5, 5.41) is 13.2. The van der Waals surface area contributed by atoms with Crippen molar-refractivity contribution in [3.05, 3.63) is 38.5 Å².